The van der Waals surface area contributed by atoms with Crippen molar-refractivity contribution in [3.63, 3.8) is 0 Å². The lowest BCUT2D eigenvalue weighted by atomic mass is 10.0. The van der Waals surface area contributed by atoms with Crippen molar-refractivity contribution in [2.24, 2.45) is 0 Å². The Hall–Kier alpha value is -1.16. The molecule has 0 saturated heterocycles. The first-order valence-corrected chi connectivity index (χ1v) is 6.89. The van der Waals surface area contributed by atoms with E-state index >= 15 is 0 Å². The number of hydrogen-bond donors (Lipinski definition) is 1. The Morgan fingerprint density at radius 1 is 1.11 bits per heavy atom. The van der Waals surface area contributed by atoms with Gasteiger partial charge >= 0.3 is 0 Å². The van der Waals surface area contributed by atoms with Gasteiger partial charge in [-0.05, 0) is 31.7 Å². The van der Waals surface area contributed by atoms with Crippen LogP contribution in [-0.2, 0) is 4.74 Å². The molecule has 2 aromatic rings. The van der Waals surface area contributed by atoms with Crippen LogP contribution in [0.3, 0.4) is 0 Å². The topological polar surface area (TPSA) is 21.3 Å². The lowest BCUT2D eigenvalue weighted by Gasteiger charge is -2.25. The molecule has 18 heavy (non-hydrogen) atoms. The van der Waals surface area contributed by atoms with E-state index in [-0.39, 0.29) is 12.1 Å². The van der Waals surface area contributed by atoms with Gasteiger partial charge in [0.15, 0.2) is 0 Å². The minimum absolute atomic E-state index is 0.0363. The molecule has 0 bridgehead atoms. The van der Waals surface area contributed by atoms with Crippen molar-refractivity contribution >= 4 is 11.3 Å². The fraction of sp³-hybridized carbons (Fsp3) is 0.333. The third-order valence-electron chi connectivity index (χ3n) is 3.06. The van der Waals surface area contributed by atoms with E-state index in [9.17, 15) is 0 Å². The van der Waals surface area contributed by atoms with E-state index in [4.69, 9.17) is 4.74 Å². The molecule has 0 fully saturated rings. The van der Waals surface area contributed by atoms with Crippen molar-refractivity contribution in [3.8, 4) is 0 Å². The molecular formula is C15H19NOS. The Labute approximate surface area is 113 Å². The molecule has 3 heteroatoms. The van der Waals surface area contributed by atoms with Crippen LogP contribution in [0.25, 0.3) is 0 Å². The maximum absolute atomic E-state index is 5.70. The van der Waals surface area contributed by atoms with Gasteiger partial charge in [-0.25, -0.2) is 0 Å². The number of hydrogen-bond acceptors (Lipinski definition) is 3. The molecule has 0 amide bonds. The molecule has 2 rings (SSSR count). The molecule has 0 radical (unpaired) electrons. The van der Waals surface area contributed by atoms with Gasteiger partial charge < -0.3 is 10.1 Å². The van der Waals surface area contributed by atoms with Crippen LogP contribution in [0.15, 0.2) is 42.5 Å². The van der Waals surface area contributed by atoms with Crippen molar-refractivity contribution in [1.82, 2.24) is 5.32 Å². The summed E-state index contributed by atoms with van der Waals surface area (Å²) in [4.78, 5) is 2.64. The highest BCUT2D eigenvalue weighted by Gasteiger charge is 2.24. The summed E-state index contributed by atoms with van der Waals surface area (Å²) in [5, 5.41) is 3.37. The first-order valence-electron chi connectivity index (χ1n) is 6.07. The number of rotatable bonds is 5. The number of methoxy groups -OCH3 is 1. The zero-order chi connectivity index (χ0) is 13.0. The second-order valence-electron chi connectivity index (χ2n) is 4.28. The van der Waals surface area contributed by atoms with Crippen molar-refractivity contribution in [3.05, 3.63) is 57.8 Å². The zero-order valence-electron chi connectivity index (χ0n) is 11.0. The summed E-state index contributed by atoms with van der Waals surface area (Å²) in [6.45, 7) is 2.13. The number of benzene rings is 1. The first kappa shape index (κ1) is 13.3. The van der Waals surface area contributed by atoms with Gasteiger partial charge in [-0.3, -0.25) is 0 Å². The highest BCUT2D eigenvalue weighted by Crippen LogP contribution is 2.34. The number of ether oxygens (including phenoxy) is 1. The summed E-state index contributed by atoms with van der Waals surface area (Å²) < 4.78 is 5.70. The Morgan fingerprint density at radius 2 is 1.83 bits per heavy atom. The van der Waals surface area contributed by atoms with Crippen molar-refractivity contribution in [1.29, 1.82) is 0 Å². The minimum atomic E-state index is 0.0363. The van der Waals surface area contributed by atoms with Crippen LogP contribution in [-0.4, -0.2) is 14.2 Å². The summed E-state index contributed by atoms with van der Waals surface area (Å²) in [5.41, 5.74) is 1.20. The summed E-state index contributed by atoms with van der Waals surface area (Å²) in [6, 6.07) is 14.9. The fourth-order valence-electron chi connectivity index (χ4n) is 2.17. The Balaban J connectivity index is 2.30. The predicted octanol–water partition coefficient (Wildman–Crippen LogP) is 3.70. The summed E-state index contributed by atoms with van der Waals surface area (Å²) in [7, 11) is 3.75. The average Bonchev–Trinajstić information content (AvgIpc) is 2.83. The SMILES string of the molecule is CNC(c1ccc(C)s1)C(OC)c1ccccc1. The van der Waals surface area contributed by atoms with Crippen molar-refractivity contribution in [2.45, 2.75) is 19.1 Å². The van der Waals surface area contributed by atoms with E-state index in [1.165, 1.54) is 15.3 Å². The normalized spacial score (nSPS) is 14.4. The van der Waals surface area contributed by atoms with Crippen molar-refractivity contribution in [2.75, 3.05) is 14.2 Å². The van der Waals surface area contributed by atoms with E-state index < -0.39 is 0 Å². The standard InChI is InChI=1S/C15H19NOS/c1-11-9-10-13(18-11)14(16-2)15(17-3)12-7-5-4-6-8-12/h4-10,14-16H,1-3H3. The van der Waals surface area contributed by atoms with Gasteiger partial charge in [0.25, 0.3) is 0 Å². The highest BCUT2D eigenvalue weighted by atomic mass is 32.1. The second-order valence-corrected chi connectivity index (χ2v) is 5.60. The molecule has 1 aromatic carbocycles. The monoisotopic (exact) mass is 261 g/mol. The lowest BCUT2D eigenvalue weighted by Crippen LogP contribution is -2.24. The Bertz CT molecular complexity index is 480. The smallest absolute Gasteiger partial charge is 0.102 e. The molecule has 1 aromatic heterocycles. The molecule has 1 N–H and O–H groups in total. The Morgan fingerprint density at radius 3 is 2.33 bits per heavy atom. The van der Waals surface area contributed by atoms with Crippen LogP contribution in [0.4, 0.5) is 0 Å². The van der Waals surface area contributed by atoms with E-state index in [1.807, 2.05) is 36.6 Å². The summed E-state index contributed by atoms with van der Waals surface area (Å²) >= 11 is 1.82. The predicted molar refractivity (Wildman–Crippen MR) is 77.0 cm³/mol. The van der Waals surface area contributed by atoms with Gasteiger partial charge in [0.2, 0.25) is 0 Å². The number of aryl methyl sites for hydroxylation is 1. The van der Waals surface area contributed by atoms with Crippen LogP contribution < -0.4 is 5.32 Å². The molecule has 0 saturated carbocycles. The third kappa shape index (κ3) is 2.80. The molecule has 0 aliphatic heterocycles. The maximum Gasteiger partial charge on any atom is 0.102 e. The van der Waals surface area contributed by atoms with Crippen LogP contribution in [0.5, 0.6) is 0 Å². The maximum atomic E-state index is 5.70. The molecule has 0 aliphatic carbocycles. The van der Waals surface area contributed by atoms with Crippen LogP contribution >= 0.6 is 11.3 Å². The molecule has 96 valence electrons. The molecule has 1 heterocycles. The minimum Gasteiger partial charge on any atom is -0.375 e. The quantitative estimate of drug-likeness (QED) is 0.886. The zero-order valence-corrected chi connectivity index (χ0v) is 11.8. The average molecular weight is 261 g/mol. The highest BCUT2D eigenvalue weighted by molar-refractivity contribution is 7.12. The van der Waals surface area contributed by atoms with E-state index in [0.717, 1.165) is 0 Å². The molecule has 0 spiro atoms. The van der Waals surface area contributed by atoms with Gasteiger partial charge in [-0.1, -0.05) is 30.3 Å². The number of thiophene rings is 1. The molecule has 2 atom stereocenters. The summed E-state index contributed by atoms with van der Waals surface area (Å²) in [6.07, 6.45) is 0.0363. The van der Waals surface area contributed by atoms with Crippen LogP contribution in [0.2, 0.25) is 0 Å². The number of likely N-dealkylation sites (N-methyl/N-ethyl adjacent to an activating group) is 1. The second kappa shape index (κ2) is 6.14. The summed E-state index contributed by atoms with van der Waals surface area (Å²) in [5.74, 6) is 0. The Kier molecular flexibility index (Phi) is 4.53. The van der Waals surface area contributed by atoms with Gasteiger partial charge in [-0.15, -0.1) is 11.3 Å². The van der Waals surface area contributed by atoms with Crippen LogP contribution in [0.1, 0.15) is 27.5 Å². The molecular weight excluding hydrogens is 242 g/mol. The molecule has 2 nitrogen and oxygen atoms in total. The first-order chi connectivity index (χ1) is 8.76. The van der Waals surface area contributed by atoms with Gasteiger partial charge in [-0.2, -0.15) is 0 Å². The van der Waals surface area contributed by atoms with E-state index in [0.29, 0.717) is 0 Å². The van der Waals surface area contributed by atoms with Gasteiger partial charge in [0.1, 0.15) is 6.10 Å². The fourth-order valence-corrected chi connectivity index (χ4v) is 3.18. The van der Waals surface area contributed by atoms with Crippen molar-refractivity contribution < 1.29 is 4.74 Å². The van der Waals surface area contributed by atoms with E-state index in [1.54, 1.807) is 7.11 Å². The molecule has 0 aliphatic rings. The van der Waals surface area contributed by atoms with Gasteiger partial charge in [0, 0.05) is 16.9 Å². The van der Waals surface area contributed by atoms with Crippen LogP contribution in [0, 0.1) is 6.92 Å². The molecule has 2 unspecified atom stereocenters. The largest absolute Gasteiger partial charge is 0.375 e. The third-order valence-corrected chi connectivity index (χ3v) is 4.15. The lowest BCUT2D eigenvalue weighted by molar-refractivity contribution is 0.0713. The van der Waals surface area contributed by atoms with E-state index in [2.05, 4.69) is 36.5 Å². The van der Waals surface area contributed by atoms with Gasteiger partial charge in [0.05, 0.1) is 6.04 Å². The number of nitrogens with one attached hydrogen (secondary N) is 1.